The molecule has 3 heteroatoms. The normalized spacial score (nSPS) is 20.3. The van der Waals surface area contributed by atoms with Gasteiger partial charge in [0.25, 0.3) is 0 Å². The molecule has 1 atom stereocenters. The third-order valence-electron chi connectivity index (χ3n) is 5.20. The number of fused-ring (bicyclic) bond motifs is 1. The maximum Gasteiger partial charge on any atom is 0.122 e. The maximum absolute atomic E-state index is 10.6. The SMILES string of the molecule is CC(C)(C(O)CCc1ccc2c(c1)CCO2)N1CCCC1. The second-order valence-electron chi connectivity index (χ2n) is 6.94. The summed E-state index contributed by atoms with van der Waals surface area (Å²) >= 11 is 0. The van der Waals surface area contributed by atoms with Crippen LogP contribution in [-0.2, 0) is 12.8 Å². The van der Waals surface area contributed by atoms with E-state index >= 15 is 0 Å². The van der Waals surface area contributed by atoms with Crippen molar-refractivity contribution in [2.24, 2.45) is 0 Å². The van der Waals surface area contributed by atoms with Gasteiger partial charge in [0.15, 0.2) is 0 Å². The average molecular weight is 289 g/mol. The van der Waals surface area contributed by atoms with Gasteiger partial charge in [0.05, 0.1) is 12.7 Å². The molecular formula is C18H27NO2. The molecule has 0 spiro atoms. The molecule has 0 radical (unpaired) electrons. The third-order valence-corrected chi connectivity index (χ3v) is 5.20. The van der Waals surface area contributed by atoms with Gasteiger partial charge in [-0.3, -0.25) is 4.90 Å². The summed E-state index contributed by atoms with van der Waals surface area (Å²) in [5.74, 6) is 1.04. The van der Waals surface area contributed by atoms with Crippen LogP contribution in [-0.4, -0.2) is 41.3 Å². The number of aliphatic hydroxyl groups excluding tert-OH is 1. The Morgan fingerprint density at radius 3 is 2.81 bits per heavy atom. The van der Waals surface area contributed by atoms with E-state index in [1.165, 1.54) is 24.0 Å². The first kappa shape index (κ1) is 14.9. The van der Waals surface area contributed by atoms with Crippen LogP contribution >= 0.6 is 0 Å². The predicted octanol–water partition coefficient (Wildman–Crippen LogP) is 2.79. The molecule has 21 heavy (non-hydrogen) atoms. The highest BCUT2D eigenvalue weighted by atomic mass is 16.5. The lowest BCUT2D eigenvalue weighted by Crippen LogP contribution is -2.51. The Hall–Kier alpha value is -1.06. The van der Waals surface area contributed by atoms with E-state index in [1.54, 1.807) is 0 Å². The summed E-state index contributed by atoms with van der Waals surface area (Å²) < 4.78 is 5.54. The quantitative estimate of drug-likeness (QED) is 0.905. The Morgan fingerprint density at radius 1 is 1.29 bits per heavy atom. The summed E-state index contributed by atoms with van der Waals surface area (Å²) in [5.41, 5.74) is 2.52. The topological polar surface area (TPSA) is 32.7 Å². The summed E-state index contributed by atoms with van der Waals surface area (Å²) in [4.78, 5) is 2.44. The molecule has 3 rings (SSSR count). The number of aryl methyl sites for hydroxylation is 1. The number of rotatable bonds is 5. The number of likely N-dealkylation sites (tertiary alicyclic amines) is 1. The fraction of sp³-hybridized carbons (Fsp3) is 0.667. The van der Waals surface area contributed by atoms with Crippen LogP contribution in [0.5, 0.6) is 5.75 Å². The molecule has 0 aromatic heterocycles. The van der Waals surface area contributed by atoms with Gasteiger partial charge >= 0.3 is 0 Å². The van der Waals surface area contributed by atoms with Crippen LogP contribution in [0.15, 0.2) is 18.2 Å². The standard InChI is InChI=1S/C18H27NO2/c1-18(2,19-10-3-4-11-19)17(20)8-6-14-5-7-16-15(13-14)9-12-21-16/h5,7,13,17,20H,3-4,6,8-12H2,1-2H3. The largest absolute Gasteiger partial charge is 0.493 e. The van der Waals surface area contributed by atoms with Crippen LogP contribution < -0.4 is 4.74 Å². The monoisotopic (exact) mass is 289 g/mol. The zero-order valence-electron chi connectivity index (χ0n) is 13.3. The number of ether oxygens (including phenoxy) is 1. The highest BCUT2D eigenvalue weighted by molar-refractivity contribution is 5.39. The second kappa shape index (κ2) is 5.98. The molecule has 1 fully saturated rings. The summed E-state index contributed by atoms with van der Waals surface area (Å²) in [6, 6.07) is 6.47. The molecule has 2 aliphatic rings. The molecule has 2 heterocycles. The van der Waals surface area contributed by atoms with E-state index in [0.29, 0.717) is 0 Å². The minimum atomic E-state index is -0.278. The Balaban J connectivity index is 1.59. The van der Waals surface area contributed by atoms with Crippen molar-refractivity contribution in [1.29, 1.82) is 0 Å². The first-order valence-electron chi connectivity index (χ1n) is 8.25. The van der Waals surface area contributed by atoms with Crippen LogP contribution in [0.3, 0.4) is 0 Å². The summed E-state index contributed by atoms with van der Waals surface area (Å²) in [5, 5.41) is 10.6. The molecule has 3 nitrogen and oxygen atoms in total. The van der Waals surface area contributed by atoms with Gasteiger partial charge in [0.1, 0.15) is 5.75 Å². The highest BCUT2D eigenvalue weighted by Crippen LogP contribution is 2.29. The van der Waals surface area contributed by atoms with Gasteiger partial charge in [0, 0.05) is 12.0 Å². The first-order valence-corrected chi connectivity index (χ1v) is 8.25. The van der Waals surface area contributed by atoms with Crippen molar-refractivity contribution < 1.29 is 9.84 Å². The van der Waals surface area contributed by atoms with Crippen LogP contribution in [0.2, 0.25) is 0 Å². The van der Waals surface area contributed by atoms with Gasteiger partial charge in [-0.25, -0.2) is 0 Å². The van der Waals surface area contributed by atoms with Crippen LogP contribution in [0.4, 0.5) is 0 Å². The van der Waals surface area contributed by atoms with Crippen LogP contribution in [0.1, 0.15) is 44.2 Å². The van der Waals surface area contributed by atoms with Gasteiger partial charge in [-0.1, -0.05) is 12.1 Å². The third kappa shape index (κ3) is 3.09. The van der Waals surface area contributed by atoms with Gasteiger partial charge in [0.2, 0.25) is 0 Å². The van der Waals surface area contributed by atoms with E-state index in [1.807, 2.05) is 0 Å². The highest BCUT2D eigenvalue weighted by Gasteiger charge is 2.35. The predicted molar refractivity (Wildman–Crippen MR) is 84.9 cm³/mol. The lowest BCUT2D eigenvalue weighted by Gasteiger charge is -2.39. The molecular weight excluding hydrogens is 262 g/mol. The minimum absolute atomic E-state index is 0.115. The molecule has 116 valence electrons. The average Bonchev–Trinajstić information content (AvgIpc) is 3.14. The number of aliphatic hydroxyl groups is 1. The van der Waals surface area contributed by atoms with E-state index in [9.17, 15) is 5.11 Å². The molecule has 0 bridgehead atoms. The summed E-state index contributed by atoms with van der Waals surface area (Å²) in [6.45, 7) is 7.42. The Kier molecular flexibility index (Phi) is 4.23. The molecule has 0 aliphatic carbocycles. The lowest BCUT2D eigenvalue weighted by molar-refractivity contribution is -0.00163. The van der Waals surface area contributed by atoms with E-state index in [0.717, 1.165) is 44.7 Å². The number of nitrogens with zero attached hydrogens (tertiary/aromatic N) is 1. The molecule has 1 unspecified atom stereocenters. The van der Waals surface area contributed by atoms with Gasteiger partial charge in [-0.05, 0) is 69.8 Å². The summed E-state index contributed by atoms with van der Waals surface area (Å²) in [7, 11) is 0. The van der Waals surface area contributed by atoms with Gasteiger partial charge in [-0.15, -0.1) is 0 Å². The molecule has 2 aliphatic heterocycles. The van der Waals surface area contributed by atoms with E-state index in [-0.39, 0.29) is 11.6 Å². The molecule has 1 N–H and O–H groups in total. The maximum atomic E-state index is 10.6. The van der Waals surface area contributed by atoms with Gasteiger partial charge < -0.3 is 9.84 Å². The van der Waals surface area contributed by atoms with E-state index in [2.05, 4.69) is 36.9 Å². The van der Waals surface area contributed by atoms with Crippen molar-refractivity contribution in [3.8, 4) is 5.75 Å². The van der Waals surface area contributed by atoms with Crippen molar-refractivity contribution in [2.75, 3.05) is 19.7 Å². The number of hydrogen-bond acceptors (Lipinski definition) is 3. The fourth-order valence-electron chi connectivity index (χ4n) is 3.56. The molecule has 1 aromatic carbocycles. The van der Waals surface area contributed by atoms with Crippen LogP contribution in [0.25, 0.3) is 0 Å². The Labute approximate surface area is 127 Å². The lowest BCUT2D eigenvalue weighted by atomic mass is 9.90. The molecule has 0 saturated carbocycles. The molecule has 0 amide bonds. The Bertz CT molecular complexity index is 492. The zero-order valence-corrected chi connectivity index (χ0v) is 13.3. The smallest absolute Gasteiger partial charge is 0.122 e. The van der Waals surface area contributed by atoms with Crippen molar-refractivity contribution in [3.05, 3.63) is 29.3 Å². The second-order valence-corrected chi connectivity index (χ2v) is 6.94. The number of hydrogen-bond donors (Lipinski definition) is 1. The van der Waals surface area contributed by atoms with Crippen molar-refractivity contribution in [3.63, 3.8) is 0 Å². The fourth-order valence-corrected chi connectivity index (χ4v) is 3.56. The zero-order chi connectivity index (χ0) is 14.9. The summed E-state index contributed by atoms with van der Waals surface area (Å²) in [6.07, 6.45) is 5.03. The van der Waals surface area contributed by atoms with Crippen molar-refractivity contribution >= 4 is 0 Å². The van der Waals surface area contributed by atoms with E-state index < -0.39 is 0 Å². The van der Waals surface area contributed by atoms with Gasteiger partial charge in [-0.2, -0.15) is 0 Å². The first-order chi connectivity index (χ1) is 10.1. The number of benzene rings is 1. The Morgan fingerprint density at radius 2 is 2.05 bits per heavy atom. The minimum Gasteiger partial charge on any atom is -0.493 e. The van der Waals surface area contributed by atoms with Crippen LogP contribution in [0, 0.1) is 0 Å². The van der Waals surface area contributed by atoms with Crippen molar-refractivity contribution in [2.45, 2.75) is 57.6 Å². The van der Waals surface area contributed by atoms with E-state index in [4.69, 9.17) is 4.74 Å². The molecule has 1 saturated heterocycles. The molecule has 1 aromatic rings. The van der Waals surface area contributed by atoms with Crippen molar-refractivity contribution in [1.82, 2.24) is 4.90 Å².